The fraction of sp³-hybridized carbons (Fsp3) is 0.647. The number of aliphatic hydroxyl groups is 1. The second-order valence-corrected chi connectivity index (χ2v) is 6.84. The summed E-state index contributed by atoms with van der Waals surface area (Å²) in [4.78, 5) is 2.42. The topological polar surface area (TPSA) is 23.5 Å². The number of rotatable bonds is 2. The van der Waals surface area contributed by atoms with Gasteiger partial charge >= 0.3 is 0 Å². The van der Waals surface area contributed by atoms with Gasteiger partial charge in [0.1, 0.15) is 0 Å². The van der Waals surface area contributed by atoms with Gasteiger partial charge in [0.2, 0.25) is 0 Å². The third kappa shape index (κ3) is 3.30. The molecule has 0 saturated heterocycles. The standard InChI is InChI=1S/C17H27NO/c1-17(2,3)15-7-5-6-8-16(15)18(4)13-9-11-14(19)12-10-13/h5-8,13-14,19H,9-12H2,1-4H3. The van der Waals surface area contributed by atoms with Crippen molar-refractivity contribution in [1.29, 1.82) is 0 Å². The summed E-state index contributed by atoms with van der Waals surface area (Å²) in [5.41, 5.74) is 2.92. The van der Waals surface area contributed by atoms with Crippen LogP contribution in [0.15, 0.2) is 24.3 Å². The predicted molar refractivity (Wildman–Crippen MR) is 81.8 cm³/mol. The van der Waals surface area contributed by atoms with Crippen molar-refractivity contribution in [1.82, 2.24) is 0 Å². The summed E-state index contributed by atoms with van der Waals surface area (Å²) in [5.74, 6) is 0. The van der Waals surface area contributed by atoms with E-state index in [1.165, 1.54) is 11.3 Å². The van der Waals surface area contributed by atoms with Crippen LogP contribution < -0.4 is 4.90 Å². The lowest BCUT2D eigenvalue weighted by molar-refractivity contribution is 0.122. The van der Waals surface area contributed by atoms with E-state index >= 15 is 0 Å². The van der Waals surface area contributed by atoms with Crippen LogP contribution in [0.4, 0.5) is 5.69 Å². The van der Waals surface area contributed by atoms with Crippen molar-refractivity contribution in [3.8, 4) is 0 Å². The van der Waals surface area contributed by atoms with E-state index in [9.17, 15) is 5.11 Å². The Balaban J connectivity index is 2.22. The Hall–Kier alpha value is -1.02. The van der Waals surface area contributed by atoms with Crippen LogP contribution in [0.1, 0.15) is 52.0 Å². The average Bonchev–Trinajstić information content (AvgIpc) is 2.38. The molecular weight excluding hydrogens is 234 g/mol. The maximum Gasteiger partial charge on any atom is 0.0541 e. The molecule has 1 aliphatic carbocycles. The van der Waals surface area contributed by atoms with Gasteiger partial charge in [-0.05, 0) is 42.7 Å². The number of para-hydroxylation sites is 1. The van der Waals surface area contributed by atoms with Crippen molar-refractivity contribution in [3.05, 3.63) is 29.8 Å². The molecule has 0 aliphatic heterocycles. The molecule has 1 fully saturated rings. The Morgan fingerprint density at radius 3 is 2.21 bits per heavy atom. The van der Waals surface area contributed by atoms with Gasteiger partial charge in [0, 0.05) is 18.8 Å². The number of anilines is 1. The van der Waals surface area contributed by atoms with E-state index in [1.54, 1.807) is 0 Å². The zero-order valence-electron chi connectivity index (χ0n) is 12.7. The summed E-state index contributed by atoms with van der Waals surface area (Å²) in [6.07, 6.45) is 3.98. The third-order valence-corrected chi connectivity index (χ3v) is 4.31. The minimum absolute atomic E-state index is 0.0810. The van der Waals surface area contributed by atoms with Gasteiger partial charge in [0.05, 0.1) is 6.10 Å². The van der Waals surface area contributed by atoms with Gasteiger partial charge in [-0.1, -0.05) is 39.0 Å². The van der Waals surface area contributed by atoms with Crippen LogP contribution in [0.2, 0.25) is 0 Å². The lowest BCUT2D eigenvalue weighted by atomic mass is 9.84. The summed E-state index contributed by atoms with van der Waals surface area (Å²) in [6.45, 7) is 6.80. The second-order valence-electron chi connectivity index (χ2n) is 6.84. The van der Waals surface area contributed by atoms with Crippen molar-refractivity contribution in [2.45, 2.75) is 64.0 Å². The molecular formula is C17H27NO. The first-order valence-corrected chi connectivity index (χ1v) is 7.40. The van der Waals surface area contributed by atoms with Crippen LogP contribution in [0.25, 0.3) is 0 Å². The van der Waals surface area contributed by atoms with Crippen molar-refractivity contribution >= 4 is 5.69 Å². The normalized spacial score (nSPS) is 24.3. The summed E-state index contributed by atoms with van der Waals surface area (Å²) in [7, 11) is 2.20. The van der Waals surface area contributed by atoms with Crippen LogP contribution in [0.3, 0.4) is 0 Å². The summed E-state index contributed by atoms with van der Waals surface area (Å²) in [5, 5.41) is 9.64. The van der Waals surface area contributed by atoms with Gasteiger partial charge < -0.3 is 10.0 Å². The highest BCUT2D eigenvalue weighted by atomic mass is 16.3. The Bertz CT molecular complexity index is 414. The minimum atomic E-state index is -0.0810. The number of nitrogens with zero attached hydrogens (tertiary/aromatic N) is 1. The first kappa shape index (κ1) is 14.4. The van der Waals surface area contributed by atoms with Crippen LogP contribution in [-0.4, -0.2) is 24.3 Å². The molecule has 2 nitrogen and oxygen atoms in total. The lowest BCUT2D eigenvalue weighted by Gasteiger charge is -2.37. The molecule has 0 amide bonds. The van der Waals surface area contributed by atoms with Crippen molar-refractivity contribution in [3.63, 3.8) is 0 Å². The maximum atomic E-state index is 9.64. The molecule has 0 aromatic heterocycles. The molecule has 1 saturated carbocycles. The van der Waals surface area contributed by atoms with E-state index in [0.717, 1.165) is 25.7 Å². The predicted octanol–water partition coefficient (Wildman–Crippen LogP) is 3.72. The molecule has 106 valence electrons. The first-order chi connectivity index (χ1) is 8.89. The van der Waals surface area contributed by atoms with E-state index in [0.29, 0.717) is 6.04 Å². The summed E-state index contributed by atoms with van der Waals surface area (Å²) >= 11 is 0. The molecule has 0 radical (unpaired) electrons. The van der Waals surface area contributed by atoms with Crippen molar-refractivity contribution in [2.75, 3.05) is 11.9 Å². The lowest BCUT2D eigenvalue weighted by Crippen LogP contribution is -2.37. The van der Waals surface area contributed by atoms with Crippen molar-refractivity contribution in [2.24, 2.45) is 0 Å². The fourth-order valence-electron chi connectivity index (χ4n) is 3.06. The average molecular weight is 261 g/mol. The van der Waals surface area contributed by atoms with Gasteiger partial charge in [-0.15, -0.1) is 0 Å². The molecule has 0 bridgehead atoms. The summed E-state index contributed by atoms with van der Waals surface area (Å²) < 4.78 is 0. The van der Waals surface area contributed by atoms with Crippen LogP contribution in [0.5, 0.6) is 0 Å². The number of aliphatic hydroxyl groups excluding tert-OH is 1. The van der Waals surface area contributed by atoms with Gasteiger partial charge in [-0.25, -0.2) is 0 Å². The SMILES string of the molecule is CN(c1ccccc1C(C)(C)C)C1CCC(O)CC1. The molecule has 0 spiro atoms. The van der Waals surface area contributed by atoms with Gasteiger partial charge in [0.25, 0.3) is 0 Å². The second kappa shape index (κ2) is 5.54. The maximum absolute atomic E-state index is 9.64. The Morgan fingerprint density at radius 1 is 1.05 bits per heavy atom. The molecule has 0 unspecified atom stereocenters. The molecule has 19 heavy (non-hydrogen) atoms. The van der Waals surface area contributed by atoms with E-state index in [4.69, 9.17) is 0 Å². The number of hydrogen-bond donors (Lipinski definition) is 1. The molecule has 2 rings (SSSR count). The number of hydrogen-bond acceptors (Lipinski definition) is 2. The van der Waals surface area contributed by atoms with Gasteiger partial charge in [-0.3, -0.25) is 0 Å². The first-order valence-electron chi connectivity index (χ1n) is 7.40. The zero-order chi connectivity index (χ0) is 14.0. The minimum Gasteiger partial charge on any atom is -0.393 e. The monoisotopic (exact) mass is 261 g/mol. The number of benzene rings is 1. The van der Waals surface area contributed by atoms with Crippen LogP contribution in [-0.2, 0) is 5.41 Å². The highest BCUT2D eigenvalue weighted by Gasteiger charge is 2.26. The highest BCUT2D eigenvalue weighted by molar-refractivity contribution is 5.56. The van der Waals surface area contributed by atoms with Crippen molar-refractivity contribution < 1.29 is 5.11 Å². The van der Waals surface area contributed by atoms with E-state index in [-0.39, 0.29) is 11.5 Å². The Labute approximate surface area is 117 Å². The molecule has 1 aliphatic rings. The molecule has 0 heterocycles. The molecule has 1 N–H and O–H groups in total. The highest BCUT2D eigenvalue weighted by Crippen LogP contribution is 2.34. The molecule has 1 aromatic rings. The fourth-order valence-corrected chi connectivity index (χ4v) is 3.06. The Kier molecular flexibility index (Phi) is 4.19. The molecule has 2 heteroatoms. The van der Waals surface area contributed by atoms with Crippen LogP contribution >= 0.6 is 0 Å². The smallest absolute Gasteiger partial charge is 0.0541 e. The Morgan fingerprint density at radius 2 is 1.63 bits per heavy atom. The quantitative estimate of drug-likeness (QED) is 0.877. The third-order valence-electron chi connectivity index (χ3n) is 4.31. The van der Waals surface area contributed by atoms with Gasteiger partial charge in [0.15, 0.2) is 0 Å². The zero-order valence-corrected chi connectivity index (χ0v) is 12.7. The summed E-state index contributed by atoms with van der Waals surface area (Å²) in [6, 6.07) is 9.28. The van der Waals surface area contributed by atoms with Gasteiger partial charge in [-0.2, -0.15) is 0 Å². The van der Waals surface area contributed by atoms with E-state index in [1.807, 2.05) is 0 Å². The van der Waals surface area contributed by atoms with Crippen LogP contribution in [0, 0.1) is 0 Å². The largest absolute Gasteiger partial charge is 0.393 e. The molecule has 1 aromatic carbocycles. The molecule has 0 atom stereocenters. The van der Waals surface area contributed by atoms with E-state index < -0.39 is 0 Å². The van der Waals surface area contributed by atoms with E-state index in [2.05, 4.69) is 57.0 Å².